The first-order valence-electron chi connectivity index (χ1n) is 5.26. The lowest BCUT2D eigenvalue weighted by molar-refractivity contribution is 0.627. The minimum Gasteiger partial charge on any atom is -0.323 e. The van der Waals surface area contributed by atoms with Gasteiger partial charge in [-0.15, -0.1) is 11.3 Å². The fraction of sp³-hybridized carbons (Fsp3) is 0. The van der Waals surface area contributed by atoms with Crippen LogP contribution >= 0.6 is 35.2 Å². The van der Waals surface area contributed by atoms with Crippen molar-refractivity contribution in [2.24, 2.45) is 0 Å². The molecule has 0 fully saturated rings. The molecule has 0 aliphatic rings. The predicted molar refractivity (Wildman–Crippen MR) is 77.6 cm³/mol. The molecular weight excluding hydrogens is 307 g/mol. The second-order valence-electron chi connectivity index (χ2n) is 3.83. The predicted octanol–water partition coefficient (Wildman–Crippen LogP) is 3.90. The quantitative estimate of drug-likeness (QED) is 0.692. The van der Waals surface area contributed by atoms with Crippen LogP contribution in [0.2, 0.25) is 5.02 Å². The Balaban J connectivity index is 2.38. The highest BCUT2D eigenvalue weighted by Crippen LogP contribution is 2.20. The number of aromatic amines is 1. The Bertz CT molecular complexity index is 897. The van der Waals surface area contributed by atoms with Crippen molar-refractivity contribution in [1.29, 1.82) is 0 Å². The molecule has 7 heteroatoms. The highest BCUT2D eigenvalue weighted by molar-refractivity contribution is 7.71. The van der Waals surface area contributed by atoms with Gasteiger partial charge in [-0.3, -0.25) is 9.36 Å². The number of rotatable bonds is 1. The van der Waals surface area contributed by atoms with E-state index in [-0.39, 0.29) is 15.4 Å². The maximum absolute atomic E-state index is 13.2. The molecule has 1 N–H and O–H groups in total. The van der Waals surface area contributed by atoms with Crippen LogP contribution in [-0.2, 0) is 0 Å². The Morgan fingerprint density at radius 1 is 1.37 bits per heavy atom. The second-order valence-corrected chi connectivity index (χ2v) is 5.54. The van der Waals surface area contributed by atoms with Gasteiger partial charge in [-0.1, -0.05) is 11.6 Å². The van der Waals surface area contributed by atoms with E-state index in [1.54, 1.807) is 11.4 Å². The van der Waals surface area contributed by atoms with Crippen LogP contribution in [0.4, 0.5) is 4.39 Å². The van der Waals surface area contributed by atoms with E-state index in [9.17, 15) is 9.18 Å². The molecule has 0 aliphatic heterocycles. The van der Waals surface area contributed by atoms with Crippen molar-refractivity contribution in [3.05, 3.63) is 55.6 Å². The van der Waals surface area contributed by atoms with Gasteiger partial charge in [-0.25, -0.2) is 4.39 Å². The standard InChI is InChI=1S/C12H6ClFN2OS2/c13-8-5-6(1-2-9(8)14)16-11(17)7-3-4-19-10(7)15-12(16)18/h1-5H,(H,15,18). The number of halogens is 2. The smallest absolute Gasteiger partial charge is 0.267 e. The first-order chi connectivity index (χ1) is 9.08. The first-order valence-corrected chi connectivity index (χ1v) is 6.92. The van der Waals surface area contributed by atoms with Gasteiger partial charge in [0.05, 0.1) is 16.1 Å². The van der Waals surface area contributed by atoms with Gasteiger partial charge in [-0.05, 0) is 41.9 Å². The van der Waals surface area contributed by atoms with Crippen molar-refractivity contribution < 1.29 is 4.39 Å². The molecule has 19 heavy (non-hydrogen) atoms. The topological polar surface area (TPSA) is 37.8 Å². The molecular formula is C12H6ClFN2OS2. The third kappa shape index (κ3) is 2.01. The zero-order chi connectivity index (χ0) is 13.6. The number of hydrogen-bond acceptors (Lipinski definition) is 3. The van der Waals surface area contributed by atoms with Crippen LogP contribution in [0.5, 0.6) is 0 Å². The SMILES string of the molecule is O=c1c2ccsc2[nH]c(=S)n1-c1ccc(F)c(Cl)c1. The molecule has 96 valence electrons. The van der Waals surface area contributed by atoms with Gasteiger partial charge in [0.15, 0.2) is 4.77 Å². The number of aromatic nitrogens is 2. The summed E-state index contributed by atoms with van der Waals surface area (Å²) < 4.78 is 14.7. The van der Waals surface area contributed by atoms with Crippen molar-refractivity contribution in [3.63, 3.8) is 0 Å². The Morgan fingerprint density at radius 3 is 2.89 bits per heavy atom. The van der Waals surface area contributed by atoms with Crippen LogP contribution in [0.1, 0.15) is 0 Å². The summed E-state index contributed by atoms with van der Waals surface area (Å²) in [4.78, 5) is 16.0. The van der Waals surface area contributed by atoms with E-state index >= 15 is 0 Å². The minimum atomic E-state index is -0.537. The third-order valence-electron chi connectivity index (χ3n) is 2.68. The zero-order valence-corrected chi connectivity index (χ0v) is 11.7. The molecule has 3 rings (SSSR count). The molecule has 3 nitrogen and oxygen atoms in total. The van der Waals surface area contributed by atoms with E-state index in [4.69, 9.17) is 23.8 Å². The summed E-state index contributed by atoms with van der Waals surface area (Å²) in [5.41, 5.74) is 0.188. The summed E-state index contributed by atoms with van der Waals surface area (Å²) in [6.07, 6.45) is 0. The number of fused-ring (bicyclic) bond motifs is 1. The van der Waals surface area contributed by atoms with Gasteiger partial charge in [0.25, 0.3) is 5.56 Å². The lowest BCUT2D eigenvalue weighted by Gasteiger charge is -2.07. The van der Waals surface area contributed by atoms with Gasteiger partial charge >= 0.3 is 0 Å². The lowest BCUT2D eigenvalue weighted by atomic mass is 10.3. The Hall–Kier alpha value is -1.50. The van der Waals surface area contributed by atoms with Crippen molar-refractivity contribution in [2.45, 2.75) is 0 Å². The minimum absolute atomic E-state index is 0.0517. The largest absolute Gasteiger partial charge is 0.323 e. The van der Waals surface area contributed by atoms with E-state index in [1.807, 2.05) is 0 Å². The van der Waals surface area contributed by atoms with Crippen LogP contribution in [0.15, 0.2) is 34.4 Å². The lowest BCUT2D eigenvalue weighted by Crippen LogP contribution is -2.19. The van der Waals surface area contributed by atoms with Crippen molar-refractivity contribution in [1.82, 2.24) is 9.55 Å². The summed E-state index contributed by atoms with van der Waals surface area (Å²) in [5, 5.41) is 2.29. The van der Waals surface area contributed by atoms with E-state index < -0.39 is 5.82 Å². The molecule has 1 aromatic carbocycles. The van der Waals surface area contributed by atoms with Crippen molar-refractivity contribution in [2.75, 3.05) is 0 Å². The fourth-order valence-electron chi connectivity index (χ4n) is 1.80. The maximum atomic E-state index is 13.2. The zero-order valence-electron chi connectivity index (χ0n) is 9.31. The average Bonchev–Trinajstić information content (AvgIpc) is 2.82. The number of nitrogens with zero attached hydrogens (tertiary/aromatic N) is 1. The van der Waals surface area contributed by atoms with Gasteiger partial charge in [0.2, 0.25) is 0 Å². The molecule has 0 radical (unpaired) electrons. The van der Waals surface area contributed by atoms with Gasteiger partial charge in [0.1, 0.15) is 10.6 Å². The van der Waals surface area contributed by atoms with Crippen molar-refractivity contribution in [3.8, 4) is 5.69 Å². The maximum Gasteiger partial charge on any atom is 0.267 e. The fourth-order valence-corrected chi connectivity index (χ4v) is 3.11. The number of benzene rings is 1. The van der Waals surface area contributed by atoms with E-state index in [1.165, 1.54) is 34.1 Å². The Labute approximate surface area is 120 Å². The molecule has 2 aromatic heterocycles. The molecule has 0 aliphatic carbocycles. The molecule has 0 bridgehead atoms. The molecule has 0 saturated carbocycles. The molecule has 0 saturated heterocycles. The number of hydrogen-bond donors (Lipinski definition) is 1. The van der Waals surface area contributed by atoms with Crippen LogP contribution in [0, 0.1) is 10.6 Å². The first kappa shape index (κ1) is 12.5. The average molecular weight is 313 g/mol. The molecule has 3 aromatic rings. The number of nitrogens with one attached hydrogen (secondary N) is 1. The highest BCUT2D eigenvalue weighted by atomic mass is 35.5. The normalized spacial score (nSPS) is 11.1. The number of H-pyrrole nitrogens is 1. The van der Waals surface area contributed by atoms with Crippen LogP contribution in [0.3, 0.4) is 0 Å². The van der Waals surface area contributed by atoms with E-state index in [0.717, 1.165) is 4.83 Å². The summed E-state index contributed by atoms with van der Waals surface area (Å²) in [7, 11) is 0. The van der Waals surface area contributed by atoms with Crippen molar-refractivity contribution >= 4 is 45.4 Å². The number of thiophene rings is 1. The summed E-state index contributed by atoms with van der Waals surface area (Å²) >= 11 is 12.3. The van der Waals surface area contributed by atoms with Crippen LogP contribution < -0.4 is 5.56 Å². The van der Waals surface area contributed by atoms with E-state index in [0.29, 0.717) is 11.1 Å². The summed E-state index contributed by atoms with van der Waals surface area (Å²) in [6.45, 7) is 0. The van der Waals surface area contributed by atoms with Gasteiger partial charge in [0, 0.05) is 0 Å². The van der Waals surface area contributed by atoms with Crippen LogP contribution in [-0.4, -0.2) is 9.55 Å². The highest BCUT2D eigenvalue weighted by Gasteiger charge is 2.10. The van der Waals surface area contributed by atoms with Crippen LogP contribution in [0.25, 0.3) is 15.9 Å². The molecule has 2 heterocycles. The van der Waals surface area contributed by atoms with E-state index in [2.05, 4.69) is 4.98 Å². The Morgan fingerprint density at radius 2 is 2.16 bits per heavy atom. The second kappa shape index (κ2) is 4.56. The van der Waals surface area contributed by atoms with Gasteiger partial charge < -0.3 is 4.98 Å². The Kier molecular flexibility index (Phi) is 3.00. The monoisotopic (exact) mass is 312 g/mol. The molecule has 0 spiro atoms. The third-order valence-corrected chi connectivity index (χ3v) is 4.09. The molecule has 0 atom stereocenters. The summed E-state index contributed by atoms with van der Waals surface area (Å²) in [6, 6.07) is 5.76. The summed E-state index contributed by atoms with van der Waals surface area (Å²) in [5.74, 6) is -0.537. The molecule has 0 unspecified atom stereocenters. The molecule has 0 amide bonds. The van der Waals surface area contributed by atoms with Gasteiger partial charge in [-0.2, -0.15) is 0 Å².